The Morgan fingerprint density at radius 1 is 1.44 bits per heavy atom. The molecule has 18 heavy (non-hydrogen) atoms. The lowest BCUT2D eigenvalue weighted by Crippen LogP contribution is -2.32. The SMILES string of the molecule is CC(C)(C)CC(=O)N[C@H](CC(=O)O)c1cccs1. The Morgan fingerprint density at radius 3 is 2.56 bits per heavy atom. The van der Waals surface area contributed by atoms with Crippen LogP contribution in [0.4, 0.5) is 0 Å². The molecule has 0 bridgehead atoms. The zero-order valence-corrected chi connectivity index (χ0v) is 11.7. The molecule has 100 valence electrons. The van der Waals surface area contributed by atoms with E-state index in [4.69, 9.17) is 5.11 Å². The maximum Gasteiger partial charge on any atom is 0.305 e. The number of carboxylic acid groups (broad SMARTS) is 1. The van der Waals surface area contributed by atoms with Crippen molar-refractivity contribution in [2.75, 3.05) is 0 Å². The summed E-state index contributed by atoms with van der Waals surface area (Å²) in [4.78, 5) is 23.5. The molecule has 1 amide bonds. The second-order valence-corrected chi connectivity index (χ2v) is 6.45. The van der Waals surface area contributed by atoms with E-state index in [-0.39, 0.29) is 17.7 Å². The lowest BCUT2D eigenvalue weighted by molar-refractivity contribution is -0.137. The minimum Gasteiger partial charge on any atom is -0.481 e. The highest BCUT2D eigenvalue weighted by Gasteiger charge is 2.22. The molecule has 1 atom stereocenters. The minimum atomic E-state index is -0.913. The van der Waals surface area contributed by atoms with Gasteiger partial charge in [0.15, 0.2) is 0 Å². The Kier molecular flexibility index (Phi) is 4.90. The van der Waals surface area contributed by atoms with Crippen LogP contribution >= 0.6 is 11.3 Å². The van der Waals surface area contributed by atoms with Crippen LogP contribution in [0, 0.1) is 5.41 Å². The van der Waals surface area contributed by atoms with Crippen molar-refractivity contribution < 1.29 is 14.7 Å². The van der Waals surface area contributed by atoms with Gasteiger partial charge in [-0.3, -0.25) is 9.59 Å². The average Bonchev–Trinajstić information content (AvgIpc) is 2.64. The molecule has 2 N–H and O–H groups in total. The lowest BCUT2D eigenvalue weighted by atomic mass is 9.92. The highest BCUT2D eigenvalue weighted by atomic mass is 32.1. The van der Waals surface area contributed by atoms with Crippen molar-refractivity contribution in [2.45, 2.75) is 39.7 Å². The molecule has 1 rings (SSSR count). The number of rotatable bonds is 5. The van der Waals surface area contributed by atoms with Gasteiger partial charge in [-0.2, -0.15) is 0 Å². The molecule has 4 nitrogen and oxygen atoms in total. The maximum atomic E-state index is 11.8. The number of thiophene rings is 1. The predicted octanol–water partition coefficient (Wildman–Crippen LogP) is 2.82. The molecule has 0 aliphatic heterocycles. The summed E-state index contributed by atoms with van der Waals surface area (Å²) in [6.45, 7) is 5.93. The molecule has 0 saturated carbocycles. The standard InChI is InChI=1S/C13H19NO3S/c1-13(2,3)8-11(15)14-9(7-12(16)17)10-5-4-6-18-10/h4-6,9H,7-8H2,1-3H3,(H,14,15)(H,16,17)/t9-/m1/s1. The molecule has 1 aromatic heterocycles. The van der Waals surface area contributed by atoms with Gasteiger partial charge in [0.2, 0.25) is 5.91 Å². The summed E-state index contributed by atoms with van der Waals surface area (Å²) < 4.78 is 0. The number of amides is 1. The first-order valence-electron chi connectivity index (χ1n) is 5.82. The van der Waals surface area contributed by atoms with Crippen LogP contribution in [0.15, 0.2) is 17.5 Å². The molecule has 5 heteroatoms. The smallest absolute Gasteiger partial charge is 0.305 e. The van der Waals surface area contributed by atoms with E-state index < -0.39 is 12.0 Å². The molecule has 1 aromatic rings. The van der Waals surface area contributed by atoms with Crippen LogP contribution in [-0.4, -0.2) is 17.0 Å². The van der Waals surface area contributed by atoms with E-state index in [9.17, 15) is 9.59 Å². The van der Waals surface area contributed by atoms with Gasteiger partial charge in [0.05, 0.1) is 12.5 Å². The van der Waals surface area contributed by atoms with Gasteiger partial charge in [-0.1, -0.05) is 26.8 Å². The number of carbonyl (C=O) groups excluding carboxylic acids is 1. The van der Waals surface area contributed by atoms with Crippen molar-refractivity contribution in [3.05, 3.63) is 22.4 Å². The number of hydrogen-bond donors (Lipinski definition) is 2. The third-order valence-corrected chi connectivity index (χ3v) is 3.28. The normalized spacial score (nSPS) is 13.1. The monoisotopic (exact) mass is 269 g/mol. The van der Waals surface area contributed by atoms with Crippen LogP contribution < -0.4 is 5.32 Å². The highest BCUT2D eigenvalue weighted by molar-refractivity contribution is 7.10. The first kappa shape index (κ1) is 14.7. The molecule has 0 aliphatic carbocycles. The van der Waals surface area contributed by atoms with Gasteiger partial charge in [0.1, 0.15) is 0 Å². The lowest BCUT2D eigenvalue weighted by Gasteiger charge is -2.21. The van der Waals surface area contributed by atoms with E-state index in [1.165, 1.54) is 11.3 Å². The van der Waals surface area contributed by atoms with Crippen molar-refractivity contribution in [3.63, 3.8) is 0 Å². The third-order valence-electron chi connectivity index (χ3n) is 2.29. The van der Waals surface area contributed by atoms with E-state index in [0.717, 1.165) is 4.88 Å². The summed E-state index contributed by atoms with van der Waals surface area (Å²) in [7, 11) is 0. The Hall–Kier alpha value is -1.36. The van der Waals surface area contributed by atoms with Crippen LogP contribution in [0.5, 0.6) is 0 Å². The van der Waals surface area contributed by atoms with E-state index in [0.29, 0.717) is 6.42 Å². The van der Waals surface area contributed by atoms with Crippen molar-refractivity contribution in [1.29, 1.82) is 0 Å². The van der Waals surface area contributed by atoms with Crippen LogP contribution in [0.1, 0.15) is 44.5 Å². The zero-order chi connectivity index (χ0) is 13.8. The molecule has 1 heterocycles. The Bertz CT molecular complexity index is 406. The van der Waals surface area contributed by atoms with Crippen molar-refractivity contribution in [3.8, 4) is 0 Å². The first-order chi connectivity index (χ1) is 8.28. The number of carboxylic acids is 1. The predicted molar refractivity (Wildman–Crippen MR) is 71.5 cm³/mol. The molecule has 0 unspecified atom stereocenters. The largest absolute Gasteiger partial charge is 0.481 e. The first-order valence-corrected chi connectivity index (χ1v) is 6.70. The van der Waals surface area contributed by atoms with E-state index in [1.807, 2.05) is 38.3 Å². The van der Waals surface area contributed by atoms with Crippen molar-refractivity contribution in [2.24, 2.45) is 5.41 Å². The summed E-state index contributed by atoms with van der Waals surface area (Å²) >= 11 is 1.45. The molecular weight excluding hydrogens is 250 g/mol. The van der Waals surface area contributed by atoms with Gasteiger partial charge in [0, 0.05) is 11.3 Å². The van der Waals surface area contributed by atoms with E-state index in [2.05, 4.69) is 5.32 Å². The van der Waals surface area contributed by atoms with Crippen molar-refractivity contribution >= 4 is 23.2 Å². The van der Waals surface area contributed by atoms with E-state index in [1.54, 1.807) is 0 Å². The number of carbonyl (C=O) groups is 2. The van der Waals surface area contributed by atoms with E-state index >= 15 is 0 Å². The quantitative estimate of drug-likeness (QED) is 0.863. The van der Waals surface area contributed by atoms with Crippen LogP contribution in [0.2, 0.25) is 0 Å². The topological polar surface area (TPSA) is 66.4 Å². The van der Waals surface area contributed by atoms with Gasteiger partial charge in [-0.05, 0) is 16.9 Å². The number of aliphatic carboxylic acids is 1. The fourth-order valence-electron chi connectivity index (χ4n) is 1.61. The highest BCUT2D eigenvalue weighted by Crippen LogP contribution is 2.24. The summed E-state index contributed by atoms with van der Waals surface area (Å²) in [6, 6.07) is 3.26. The van der Waals surface area contributed by atoms with Gasteiger partial charge in [0.25, 0.3) is 0 Å². The molecule has 0 saturated heterocycles. The van der Waals surface area contributed by atoms with Crippen LogP contribution in [-0.2, 0) is 9.59 Å². The Morgan fingerprint density at radius 2 is 2.11 bits per heavy atom. The van der Waals surface area contributed by atoms with Gasteiger partial charge in [-0.15, -0.1) is 11.3 Å². The Balaban J connectivity index is 2.68. The minimum absolute atomic E-state index is 0.0869. The third kappa shape index (κ3) is 5.31. The molecule has 0 aliphatic rings. The Labute approximate surface area is 111 Å². The number of nitrogens with one attached hydrogen (secondary N) is 1. The van der Waals surface area contributed by atoms with Gasteiger partial charge >= 0.3 is 5.97 Å². The maximum absolute atomic E-state index is 11.8. The molecule has 0 radical (unpaired) electrons. The van der Waals surface area contributed by atoms with Crippen LogP contribution in [0.25, 0.3) is 0 Å². The van der Waals surface area contributed by atoms with Crippen molar-refractivity contribution in [1.82, 2.24) is 5.32 Å². The fourth-order valence-corrected chi connectivity index (χ4v) is 2.39. The summed E-state index contributed by atoms with van der Waals surface area (Å²) in [6.07, 6.45) is 0.297. The molecule has 0 aromatic carbocycles. The summed E-state index contributed by atoms with van der Waals surface area (Å²) in [5.41, 5.74) is -0.104. The summed E-state index contributed by atoms with van der Waals surface area (Å²) in [5, 5.41) is 13.6. The average molecular weight is 269 g/mol. The molecule has 0 fully saturated rings. The van der Waals surface area contributed by atoms with Gasteiger partial charge < -0.3 is 10.4 Å². The fraction of sp³-hybridized carbons (Fsp3) is 0.538. The van der Waals surface area contributed by atoms with Gasteiger partial charge in [-0.25, -0.2) is 0 Å². The summed E-state index contributed by atoms with van der Waals surface area (Å²) in [5.74, 6) is -1.02. The second kappa shape index (κ2) is 6.00. The van der Waals surface area contributed by atoms with Crippen LogP contribution in [0.3, 0.4) is 0 Å². The molecule has 0 spiro atoms. The molecular formula is C13H19NO3S. The second-order valence-electron chi connectivity index (χ2n) is 5.47. The zero-order valence-electron chi connectivity index (χ0n) is 10.9. The number of hydrogen-bond acceptors (Lipinski definition) is 3.